The summed E-state index contributed by atoms with van der Waals surface area (Å²) in [6.07, 6.45) is 0. The molecular weight excluding hydrogens is 250 g/mol. The van der Waals surface area contributed by atoms with E-state index >= 15 is 0 Å². The number of nitriles is 1. The molecule has 0 spiro atoms. The van der Waals surface area contributed by atoms with E-state index in [4.69, 9.17) is 21.6 Å². The number of rotatable bonds is 5. The zero-order valence-electron chi connectivity index (χ0n) is 10.7. The number of ether oxygens (including phenoxy) is 1. The van der Waals surface area contributed by atoms with Crippen LogP contribution in [0.4, 0.5) is 0 Å². The van der Waals surface area contributed by atoms with Crippen LogP contribution < -0.4 is 4.74 Å². The van der Waals surface area contributed by atoms with Crippen molar-refractivity contribution in [1.29, 1.82) is 5.26 Å². The van der Waals surface area contributed by atoms with Gasteiger partial charge >= 0.3 is 0 Å². The first kappa shape index (κ1) is 14.5. The van der Waals surface area contributed by atoms with E-state index in [1.54, 1.807) is 18.2 Å². The van der Waals surface area contributed by atoms with Crippen LogP contribution in [0.3, 0.4) is 0 Å². The van der Waals surface area contributed by atoms with Gasteiger partial charge in [-0.2, -0.15) is 5.26 Å². The van der Waals surface area contributed by atoms with Gasteiger partial charge in [-0.25, -0.2) is 0 Å². The summed E-state index contributed by atoms with van der Waals surface area (Å²) in [6, 6.07) is 6.90. The van der Waals surface area contributed by atoms with Crippen molar-refractivity contribution in [3.05, 3.63) is 28.8 Å². The van der Waals surface area contributed by atoms with Crippen LogP contribution in [0.1, 0.15) is 31.1 Å². The molecule has 0 aromatic heterocycles. The quantitative estimate of drug-likeness (QED) is 0.763. The molecule has 96 valence electrons. The highest BCUT2D eigenvalue weighted by molar-refractivity contribution is 6.32. The molecule has 1 rings (SSSR count). The third kappa shape index (κ3) is 3.24. The fraction of sp³-hybridized carbons (Fsp3) is 0.429. The maximum Gasteiger partial charge on any atom is 0.180 e. The maximum absolute atomic E-state index is 12.1. The van der Waals surface area contributed by atoms with Crippen LogP contribution in [0.25, 0.3) is 0 Å². The zero-order valence-corrected chi connectivity index (χ0v) is 11.5. The Labute approximate surface area is 112 Å². The number of carbonyl (C=O) groups excluding carboxylic acids is 1. The topological polar surface area (TPSA) is 50.1 Å². The van der Waals surface area contributed by atoms with Crippen molar-refractivity contribution in [3.8, 4) is 11.8 Å². The van der Waals surface area contributed by atoms with E-state index < -0.39 is 5.92 Å². The largest absolute Gasteiger partial charge is 0.492 e. The van der Waals surface area contributed by atoms with Crippen LogP contribution in [-0.4, -0.2) is 12.4 Å². The molecule has 0 aliphatic rings. The SMILES string of the molecule is CCOc1ccc(C(=O)C(C#N)C(C)C)cc1Cl. The molecule has 1 aromatic carbocycles. The Balaban J connectivity index is 3.01. The van der Waals surface area contributed by atoms with Crippen molar-refractivity contribution in [2.45, 2.75) is 20.8 Å². The van der Waals surface area contributed by atoms with E-state index in [9.17, 15) is 4.79 Å². The van der Waals surface area contributed by atoms with Gasteiger partial charge in [0.2, 0.25) is 0 Å². The van der Waals surface area contributed by atoms with Crippen molar-refractivity contribution in [2.24, 2.45) is 11.8 Å². The number of Topliss-reactive ketones (excluding diaryl/α,β-unsaturated/α-hetero) is 1. The van der Waals surface area contributed by atoms with Crippen LogP contribution in [0.15, 0.2) is 18.2 Å². The van der Waals surface area contributed by atoms with Crippen LogP contribution in [0, 0.1) is 23.2 Å². The van der Waals surface area contributed by atoms with E-state index in [0.29, 0.717) is 22.9 Å². The predicted octanol–water partition coefficient (Wildman–Crippen LogP) is 3.72. The molecule has 0 fully saturated rings. The molecule has 0 saturated carbocycles. The normalized spacial score (nSPS) is 12.0. The molecule has 0 saturated heterocycles. The van der Waals surface area contributed by atoms with Gasteiger partial charge in [-0.1, -0.05) is 25.4 Å². The third-order valence-electron chi connectivity index (χ3n) is 2.60. The molecule has 18 heavy (non-hydrogen) atoms. The second-order valence-corrected chi connectivity index (χ2v) is 4.70. The molecule has 4 heteroatoms. The molecule has 0 aliphatic heterocycles. The first-order valence-electron chi connectivity index (χ1n) is 5.87. The number of ketones is 1. The summed E-state index contributed by atoms with van der Waals surface area (Å²) < 4.78 is 5.30. The minimum Gasteiger partial charge on any atom is -0.492 e. The van der Waals surface area contributed by atoms with Gasteiger partial charge in [0, 0.05) is 5.56 Å². The fourth-order valence-corrected chi connectivity index (χ4v) is 1.85. The number of nitrogens with zero attached hydrogens (tertiary/aromatic N) is 1. The summed E-state index contributed by atoms with van der Waals surface area (Å²) in [4.78, 5) is 12.1. The Morgan fingerprint density at radius 1 is 1.50 bits per heavy atom. The van der Waals surface area contributed by atoms with E-state index in [1.165, 1.54) is 0 Å². The molecule has 0 radical (unpaired) electrons. The molecule has 0 amide bonds. The van der Waals surface area contributed by atoms with Gasteiger partial charge in [-0.05, 0) is 31.0 Å². The molecule has 0 heterocycles. The van der Waals surface area contributed by atoms with Crippen molar-refractivity contribution < 1.29 is 9.53 Å². The minimum atomic E-state index is -0.640. The van der Waals surface area contributed by atoms with Gasteiger partial charge < -0.3 is 4.74 Å². The van der Waals surface area contributed by atoms with Gasteiger partial charge in [0.15, 0.2) is 5.78 Å². The predicted molar refractivity (Wildman–Crippen MR) is 70.9 cm³/mol. The number of halogens is 1. The van der Waals surface area contributed by atoms with Gasteiger partial charge in [0.05, 0.1) is 17.7 Å². The van der Waals surface area contributed by atoms with Crippen molar-refractivity contribution >= 4 is 17.4 Å². The van der Waals surface area contributed by atoms with Crippen molar-refractivity contribution in [2.75, 3.05) is 6.61 Å². The molecule has 0 N–H and O–H groups in total. The molecule has 3 nitrogen and oxygen atoms in total. The Morgan fingerprint density at radius 3 is 2.61 bits per heavy atom. The summed E-state index contributed by atoms with van der Waals surface area (Å²) in [5.41, 5.74) is 0.448. The number of carbonyl (C=O) groups is 1. The summed E-state index contributed by atoms with van der Waals surface area (Å²) in [6.45, 7) is 6.07. The van der Waals surface area contributed by atoms with Crippen LogP contribution >= 0.6 is 11.6 Å². The maximum atomic E-state index is 12.1. The lowest BCUT2D eigenvalue weighted by molar-refractivity contribution is 0.0924. The van der Waals surface area contributed by atoms with Crippen molar-refractivity contribution in [3.63, 3.8) is 0 Å². The van der Waals surface area contributed by atoms with E-state index in [0.717, 1.165) is 0 Å². The number of benzene rings is 1. The Bertz CT molecular complexity index is 477. The molecule has 1 unspecified atom stereocenters. The van der Waals surface area contributed by atoms with Crippen LogP contribution in [0.2, 0.25) is 5.02 Å². The number of hydrogen-bond donors (Lipinski definition) is 0. The summed E-state index contributed by atoms with van der Waals surface area (Å²) in [7, 11) is 0. The number of hydrogen-bond acceptors (Lipinski definition) is 3. The average molecular weight is 266 g/mol. The standard InChI is InChI=1S/C14H16ClNO2/c1-4-18-13-6-5-10(7-12(13)15)14(17)11(8-16)9(2)3/h5-7,9,11H,4H2,1-3H3. The van der Waals surface area contributed by atoms with E-state index in [1.807, 2.05) is 26.8 Å². The van der Waals surface area contributed by atoms with E-state index in [2.05, 4.69) is 0 Å². The average Bonchev–Trinajstić information content (AvgIpc) is 2.32. The smallest absolute Gasteiger partial charge is 0.180 e. The Hall–Kier alpha value is -1.53. The molecule has 1 atom stereocenters. The second-order valence-electron chi connectivity index (χ2n) is 4.29. The fourth-order valence-electron chi connectivity index (χ4n) is 1.62. The molecule has 0 aliphatic carbocycles. The summed E-state index contributed by atoms with van der Waals surface area (Å²) in [5, 5.41) is 9.40. The monoisotopic (exact) mass is 265 g/mol. The first-order chi connectivity index (χ1) is 8.51. The highest BCUT2D eigenvalue weighted by atomic mass is 35.5. The summed E-state index contributed by atoms with van der Waals surface area (Å²) in [5.74, 6) is -0.307. The van der Waals surface area contributed by atoms with Crippen LogP contribution in [0.5, 0.6) is 5.75 Å². The molecular formula is C14H16ClNO2. The van der Waals surface area contributed by atoms with Crippen molar-refractivity contribution in [1.82, 2.24) is 0 Å². The second kappa shape index (κ2) is 6.42. The first-order valence-corrected chi connectivity index (χ1v) is 6.25. The summed E-state index contributed by atoms with van der Waals surface area (Å²) >= 11 is 6.02. The van der Waals surface area contributed by atoms with E-state index in [-0.39, 0.29) is 11.7 Å². The lowest BCUT2D eigenvalue weighted by Gasteiger charge is -2.12. The molecule has 1 aromatic rings. The zero-order chi connectivity index (χ0) is 13.7. The van der Waals surface area contributed by atoms with Gasteiger partial charge in [-0.3, -0.25) is 4.79 Å². The third-order valence-corrected chi connectivity index (χ3v) is 2.90. The van der Waals surface area contributed by atoms with Gasteiger partial charge in [0.25, 0.3) is 0 Å². The van der Waals surface area contributed by atoms with Gasteiger partial charge in [0.1, 0.15) is 11.7 Å². The lowest BCUT2D eigenvalue weighted by atomic mass is 9.89. The highest BCUT2D eigenvalue weighted by Gasteiger charge is 2.23. The Morgan fingerprint density at radius 2 is 2.17 bits per heavy atom. The van der Waals surface area contributed by atoms with Gasteiger partial charge in [-0.15, -0.1) is 0 Å². The Kier molecular flexibility index (Phi) is 5.18. The van der Waals surface area contributed by atoms with Crippen LogP contribution in [-0.2, 0) is 0 Å². The highest BCUT2D eigenvalue weighted by Crippen LogP contribution is 2.27. The lowest BCUT2D eigenvalue weighted by Crippen LogP contribution is -2.18. The molecule has 0 bridgehead atoms. The minimum absolute atomic E-state index is 0.0205.